The van der Waals surface area contributed by atoms with Gasteiger partial charge in [-0.3, -0.25) is 4.79 Å². The molecule has 0 radical (unpaired) electrons. The second-order valence-corrected chi connectivity index (χ2v) is 5.78. The molecule has 0 aromatic heterocycles. The van der Waals surface area contributed by atoms with Crippen LogP contribution in [0.4, 0.5) is 5.69 Å². The van der Waals surface area contributed by atoms with Crippen molar-refractivity contribution in [2.75, 3.05) is 44.7 Å². The highest BCUT2D eigenvalue weighted by Gasteiger charge is 2.22. The topological polar surface area (TPSA) is 35.6 Å². The van der Waals surface area contributed by atoms with Crippen molar-refractivity contribution >= 4 is 11.6 Å². The lowest BCUT2D eigenvalue weighted by Crippen LogP contribution is -2.50. The molecule has 0 saturated carbocycles. The summed E-state index contributed by atoms with van der Waals surface area (Å²) < 4.78 is 0. The number of likely N-dealkylation sites (N-methyl/N-ethyl adjacent to an activating group) is 1. The SMILES string of the molecule is CNCC(=O)N1CCN(c2ccccc2-c2ccccc2)CC1. The number of benzene rings is 2. The van der Waals surface area contributed by atoms with Crippen molar-refractivity contribution in [2.24, 2.45) is 0 Å². The lowest BCUT2D eigenvalue weighted by atomic mass is 10.0. The molecular formula is C19H23N3O. The summed E-state index contributed by atoms with van der Waals surface area (Å²) in [5.74, 6) is 0.184. The second kappa shape index (κ2) is 7.29. The highest BCUT2D eigenvalue weighted by atomic mass is 16.2. The van der Waals surface area contributed by atoms with E-state index in [1.54, 1.807) is 0 Å². The lowest BCUT2D eigenvalue weighted by Gasteiger charge is -2.37. The summed E-state index contributed by atoms with van der Waals surface area (Å²) in [6, 6.07) is 19.0. The monoisotopic (exact) mass is 309 g/mol. The summed E-state index contributed by atoms with van der Waals surface area (Å²) >= 11 is 0. The number of carbonyl (C=O) groups excluding carboxylic acids is 1. The first-order chi connectivity index (χ1) is 11.3. The van der Waals surface area contributed by atoms with Gasteiger partial charge < -0.3 is 15.1 Å². The predicted molar refractivity (Wildman–Crippen MR) is 94.6 cm³/mol. The van der Waals surface area contributed by atoms with Gasteiger partial charge in [0, 0.05) is 37.4 Å². The van der Waals surface area contributed by atoms with Crippen LogP contribution in [0.1, 0.15) is 0 Å². The summed E-state index contributed by atoms with van der Waals surface area (Å²) in [4.78, 5) is 16.3. The summed E-state index contributed by atoms with van der Waals surface area (Å²) in [5.41, 5.74) is 3.74. The molecule has 0 bridgehead atoms. The third-order valence-electron chi connectivity index (χ3n) is 4.29. The maximum atomic E-state index is 12.0. The van der Waals surface area contributed by atoms with Crippen LogP contribution in [0.2, 0.25) is 0 Å². The Bertz CT molecular complexity index is 649. The van der Waals surface area contributed by atoms with Crippen LogP contribution in [0.5, 0.6) is 0 Å². The minimum atomic E-state index is 0.184. The fraction of sp³-hybridized carbons (Fsp3) is 0.316. The Morgan fingerprint density at radius 2 is 1.61 bits per heavy atom. The molecule has 120 valence electrons. The van der Waals surface area contributed by atoms with Crippen LogP contribution in [0.15, 0.2) is 54.6 Å². The smallest absolute Gasteiger partial charge is 0.236 e. The molecule has 4 heteroatoms. The summed E-state index contributed by atoms with van der Waals surface area (Å²) in [6.07, 6.45) is 0. The number of nitrogens with zero attached hydrogens (tertiary/aromatic N) is 2. The number of para-hydroxylation sites is 1. The van der Waals surface area contributed by atoms with E-state index in [9.17, 15) is 4.79 Å². The highest BCUT2D eigenvalue weighted by molar-refractivity contribution is 5.80. The summed E-state index contributed by atoms with van der Waals surface area (Å²) in [6.45, 7) is 3.73. The van der Waals surface area contributed by atoms with Gasteiger partial charge in [-0.2, -0.15) is 0 Å². The first kappa shape index (κ1) is 15.6. The van der Waals surface area contributed by atoms with Gasteiger partial charge in [-0.15, -0.1) is 0 Å². The molecule has 2 aromatic rings. The number of anilines is 1. The van der Waals surface area contributed by atoms with E-state index in [2.05, 4.69) is 58.7 Å². The van der Waals surface area contributed by atoms with Gasteiger partial charge in [0.2, 0.25) is 5.91 Å². The molecule has 1 aliphatic rings. The van der Waals surface area contributed by atoms with Crippen molar-refractivity contribution in [2.45, 2.75) is 0 Å². The molecular weight excluding hydrogens is 286 g/mol. The summed E-state index contributed by atoms with van der Waals surface area (Å²) in [5, 5.41) is 2.93. The number of hydrogen-bond donors (Lipinski definition) is 1. The maximum absolute atomic E-state index is 12.0. The molecule has 1 fully saturated rings. The molecule has 23 heavy (non-hydrogen) atoms. The molecule has 1 aliphatic heterocycles. The Hall–Kier alpha value is -2.33. The van der Waals surface area contributed by atoms with Gasteiger partial charge in [-0.25, -0.2) is 0 Å². The van der Waals surface area contributed by atoms with Gasteiger partial charge in [-0.05, 0) is 18.7 Å². The average Bonchev–Trinajstić information content (AvgIpc) is 2.63. The van der Waals surface area contributed by atoms with Crippen molar-refractivity contribution in [1.29, 1.82) is 0 Å². The number of amides is 1. The zero-order valence-corrected chi connectivity index (χ0v) is 13.5. The molecule has 0 atom stereocenters. The van der Waals surface area contributed by atoms with Crippen molar-refractivity contribution in [1.82, 2.24) is 10.2 Å². The molecule has 4 nitrogen and oxygen atoms in total. The van der Waals surface area contributed by atoms with Gasteiger partial charge in [0.25, 0.3) is 0 Å². The zero-order chi connectivity index (χ0) is 16.1. The number of nitrogens with one attached hydrogen (secondary N) is 1. The fourth-order valence-corrected chi connectivity index (χ4v) is 3.07. The van der Waals surface area contributed by atoms with Crippen LogP contribution >= 0.6 is 0 Å². The van der Waals surface area contributed by atoms with E-state index in [1.165, 1.54) is 16.8 Å². The Balaban J connectivity index is 1.76. The molecule has 3 rings (SSSR count). The van der Waals surface area contributed by atoms with E-state index < -0.39 is 0 Å². The van der Waals surface area contributed by atoms with Gasteiger partial charge in [0.15, 0.2) is 0 Å². The van der Waals surface area contributed by atoms with Crippen LogP contribution in [0, 0.1) is 0 Å². The molecule has 1 saturated heterocycles. The van der Waals surface area contributed by atoms with Crippen molar-refractivity contribution in [3.63, 3.8) is 0 Å². The largest absolute Gasteiger partial charge is 0.367 e. The van der Waals surface area contributed by atoms with E-state index in [-0.39, 0.29) is 5.91 Å². The average molecular weight is 309 g/mol. The number of rotatable bonds is 4. The van der Waals surface area contributed by atoms with E-state index in [4.69, 9.17) is 0 Å². The second-order valence-electron chi connectivity index (χ2n) is 5.78. The molecule has 0 aliphatic carbocycles. The van der Waals surface area contributed by atoms with Crippen molar-refractivity contribution in [3.05, 3.63) is 54.6 Å². The fourth-order valence-electron chi connectivity index (χ4n) is 3.07. The first-order valence-electron chi connectivity index (χ1n) is 8.11. The highest BCUT2D eigenvalue weighted by Crippen LogP contribution is 2.31. The predicted octanol–water partition coefficient (Wildman–Crippen LogP) is 2.22. The Kier molecular flexibility index (Phi) is 4.93. The minimum absolute atomic E-state index is 0.184. The molecule has 1 amide bonds. The van der Waals surface area contributed by atoms with Crippen LogP contribution in [-0.2, 0) is 4.79 Å². The molecule has 0 unspecified atom stereocenters. The van der Waals surface area contributed by atoms with Crippen LogP contribution in [0.25, 0.3) is 11.1 Å². The molecule has 0 spiro atoms. The molecule has 2 aromatic carbocycles. The normalized spacial score (nSPS) is 14.8. The standard InChI is InChI=1S/C19H23N3O/c1-20-15-19(23)22-13-11-21(12-14-22)18-10-6-5-9-17(18)16-7-3-2-4-8-16/h2-10,20H,11-15H2,1H3. The quantitative estimate of drug-likeness (QED) is 0.941. The molecule has 1 heterocycles. The summed E-state index contributed by atoms with van der Waals surface area (Å²) in [7, 11) is 1.81. The Morgan fingerprint density at radius 1 is 0.957 bits per heavy atom. The van der Waals surface area contributed by atoms with Crippen LogP contribution in [0.3, 0.4) is 0 Å². The third kappa shape index (κ3) is 3.54. The van der Waals surface area contributed by atoms with E-state index in [0.717, 1.165) is 26.2 Å². The number of piperazine rings is 1. The zero-order valence-electron chi connectivity index (χ0n) is 13.5. The van der Waals surface area contributed by atoms with Gasteiger partial charge >= 0.3 is 0 Å². The lowest BCUT2D eigenvalue weighted by molar-refractivity contribution is -0.130. The van der Waals surface area contributed by atoms with Crippen LogP contribution in [-0.4, -0.2) is 50.6 Å². The maximum Gasteiger partial charge on any atom is 0.236 e. The number of hydrogen-bond acceptors (Lipinski definition) is 3. The Morgan fingerprint density at radius 3 is 2.30 bits per heavy atom. The third-order valence-corrected chi connectivity index (χ3v) is 4.29. The minimum Gasteiger partial charge on any atom is -0.367 e. The van der Waals surface area contributed by atoms with E-state index in [0.29, 0.717) is 6.54 Å². The van der Waals surface area contributed by atoms with Crippen molar-refractivity contribution < 1.29 is 4.79 Å². The van der Waals surface area contributed by atoms with Crippen LogP contribution < -0.4 is 10.2 Å². The first-order valence-corrected chi connectivity index (χ1v) is 8.11. The van der Waals surface area contributed by atoms with Crippen molar-refractivity contribution in [3.8, 4) is 11.1 Å². The molecule has 1 N–H and O–H groups in total. The van der Waals surface area contributed by atoms with Gasteiger partial charge in [0.1, 0.15) is 0 Å². The van der Waals surface area contributed by atoms with E-state index in [1.807, 2.05) is 18.0 Å². The number of carbonyl (C=O) groups is 1. The van der Waals surface area contributed by atoms with E-state index >= 15 is 0 Å². The Labute approximate surface area is 137 Å². The van der Waals surface area contributed by atoms with Gasteiger partial charge in [-0.1, -0.05) is 48.5 Å². The van der Waals surface area contributed by atoms with Gasteiger partial charge in [0.05, 0.1) is 6.54 Å².